The van der Waals surface area contributed by atoms with Gasteiger partial charge in [0.2, 0.25) is 0 Å². The van der Waals surface area contributed by atoms with E-state index in [1.165, 1.54) is 11.8 Å². The van der Waals surface area contributed by atoms with Gasteiger partial charge >= 0.3 is 0 Å². The maximum atomic E-state index is 9.63. The molecular weight excluding hydrogens is 368 g/mol. The summed E-state index contributed by atoms with van der Waals surface area (Å²) in [7, 11) is 1.86. The number of halogens is 1. The van der Waals surface area contributed by atoms with Crippen molar-refractivity contribution in [3.05, 3.63) is 46.1 Å². The smallest absolute Gasteiger partial charge is 0.197 e. The fourth-order valence-electron chi connectivity index (χ4n) is 2.71. The number of benzene rings is 1. The van der Waals surface area contributed by atoms with Crippen molar-refractivity contribution in [1.29, 1.82) is 5.26 Å². The molecule has 132 valence electrons. The molecule has 0 saturated carbocycles. The first-order valence-electron chi connectivity index (χ1n) is 8.21. The van der Waals surface area contributed by atoms with Crippen molar-refractivity contribution >= 4 is 23.4 Å². The van der Waals surface area contributed by atoms with Crippen LogP contribution in [0, 0.1) is 11.3 Å². The zero-order chi connectivity index (χ0) is 18.7. The second-order valence-electron chi connectivity index (χ2n) is 5.57. The Labute approximate surface area is 161 Å². The molecule has 8 heteroatoms. The van der Waals surface area contributed by atoms with Gasteiger partial charge in [-0.2, -0.15) is 10.4 Å². The summed E-state index contributed by atoms with van der Waals surface area (Å²) < 4.78 is 1.84. The Kier molecular flexibility index (Phi) is 5.55. The Balaban J connectivity index is 2.01. The van der Waals surface area contributed by atoms with Gasteiger partial charge < -0.3 is 4.57 Å². The fraction of sp³-hybridized carbons (Fsp3) is 0.278. The minimum atomic E-state index is 0.544. The molecule has 0 aliphatic rings. The highest BCUT2D eigenvalue weighted by atomic mass is 35.5. The molecule has 2 aromatic heterocycles. The summed E-state index contributed by atoms with van der Waals surface area (Å²) in [5, 5.41) is 28.4. The summed E-state index contributed by atoms with van der Waals surface area (Å²) >= 11 is 7.55. The molecule has 0 unspecified atom stereocenters. The molecule has 3 rings (SSSR count). The van der Waals surface area contributed by atoms with E-state index in [1.54, 1.807) is 0 Å². The first-order chi connectivity index (χ1) is 12.6. The lowest BCUT2D eigenvalue weighted by Gasteiger charge is -2.10. The molecule has 0 spiro atoms. The van der Waals surface area contributed by atoms with Crippen LogP contribution in [0.5, 0.6) is 0 Å². The predicted molar refractivity (Wildman–Crippen MR) is 101 cm³/mol. The van der Waals surface area contributed by atoms with E-state index >= 15 is 0 Å². The molecule has 2 heterocycles. The van der Waals surface area contributed by atoms with Gasteiger partial charge in [0, 0.05) is 12.6 Å². The largest absolute Gasteiger partial charge is 0.305 e. The number of nitrogens with zero attached hydrogens (tertiary/aromatic N) is 6. The maximum absolute atomic E-state index is 9.63. The second-order valence-corrected chi connectivity index (χ2v) is 6.93. The van der Waals surface area contributed by atoms with Crippen LogP contribution in [0.15, 0.2) is 34.4 Å². The normalized spacial score (nSPS) is 10.7. The summed E-state index contributed by atoms with van der Waals surface area (Å²) in [4.78, 5) is 0. The van der Waals surface area contributed by atoms with Crippen LogP contribution < -0.4 is 0 Å². The zero-order valence-corrected chi connectivity index (χ0v) is 16.3. The lowest BCUT2D eigenvalue weighted by molar-refractivity contribution is 0.781. The van der Waals surface area contributed by atoms with Crippen LogP contribution >= 0.6 is 23.4 Å². The Hall–Kier alpha value is -2.43. The van der Waals surface area contributed by atoms with Crippen LogP contribution in [0.2, 0.25) is 5.02 Å². The van der Waals surface area contributed by atoms with Crippen molar-refractivity contribution in [2.45, 2.75) is 36.9 Å². The lowest BCUT2D eigenvalue weighted by atomic mass is 10.1. The van der Waals surface area contributed by atoms with Crippen molar-refractivity contribution in [2.75, 3.05) is 0 Å². The van der Waals surface area contributed by atoms with Gasteiger partial charge in [-0.05, 0) is 42.3 Å². The van der Waals surface area contributed by atoms with Gasteiger partial charge in [0.05, 0.1) is 16.3 Å². The standard InChI is InChI=1S/C18H17ClN6S/c1-4-11-13(10-20)17(23-21-15(11)5-2)26-18-24-22-16(25(18)3)12-8-6-7-9-14(12)19/h6-9H,4-5H2,1-3H3. The van der Waals surface area contributed by atoms with Crippen LogP contribution in [-0.4, -0.2) is 25.0 Å². The van der Waals surface area contributed by atoms with Crippen LogP contribution in [-0.2, 0) is 19.9 Å². The van der Waals surface area contributed by atoms with Gasteiger partial charge in [-0.25, -0.2) is 0 Å². The molecule has 0 bridgehead atoms. The van der Waals surface area contributed by atoms with Gasteiger partial charge in [-0.15, -0.1) is 15.3 Å². The number of aryl methyl sites for hydroxylation is 1. The number of nitriles is 1. The Morgan fingerprint density at radius 3 is 2.54 bits per heavy atom. The van der Waals surface area contributed by atoms with Crippen LogP contribution in [0.3, 0.4) is 0 Å². The van der Waals surface area contributed by atoms with E-state index in [2.05, 4.69) is 26.5 Å². The van der Waals surface area contributed by atoms with Crippen LogP contribution in [0.25, 0.3) is 11.4 Å². The van der Waals surface area contributed by atoms with E-state index in [9.17, 15) is 5.26 Å². The van der Waals surface area contributed by atoms with Crippen molar-refractivity contribution in [3.63, 3.8) is 0 Å². The molecule has 0 atom stereocenters. The fourth-order valence-corrected chi connectivity index (χ4v) is 3.76. The summed E-state index contributed by atoms with van der Waals surface area (Å²) in [5.74, 6) is 0.658. The Morgan fingerprint density at radius 2 is 1.88 bits per heavy atom. The summed E-state index contributed by atoms with van der Waals surface area (Å²) in [6.07, 6.45) is 1.48. The number of hydrogen-bond donors (Lipinski definition) is 0. The molecule has 0 aliphatic heterocycles. The van der Waals surface area contributed by atoms with Gasteiger partial charge in [-0.3, -0.25) is 0 Å². The zero-order valence-electron chi connectivity index (χ0n) is 14.7. The molecule has 0 saturated heterocycles. The molecule has 0 radical (unpaired) electrons. The quantitative estimate of drug-likeness (QED) is 0.659. The highest BCUT2D eigenvalue weighted by molar-refractivity contribution is 7.99. The molecule has 6 nitrogen and oxygen atoms in total. The molecule has 1 aromatic carbocycles. The van der Waals surface area contributed by atoms with E-state index in [1.807, 2.05) is 49.7 Å². The van der Waals surface area contributed by atoms with Crippen molar-refractivity contribution in [1.82, 2.24) is 25.0 Å². The first kappa shape index (κ1) is 18.4. The van der Waals surface area contributed by atoms with E-state index < -0.39 is 0 Å². The minimum Gasteiger partial charge on any atom is -0.305 e. The van der Waals surface area contributed by atoms with Gasteiger partial charge in [0.25, 0.3) is 0 Å². The summed E-state index contributed by atoms with van der Waals surface area (Å²) in [6.45, 7) is 4.03. The maximum Gasteiger partial charge on any atom is 0.197 e. The average molecular weight is 385 g/mol. The topological polar surface area (TPSA) is 80.3 Å². The lowest BCUT2D eigenvalue weighted by Crippen LogP contribution is -2.05. The van der Waals surface area contributed by atoms with Crippen LogP contribution in [0.4, 0.5) is 0 Å². The molecule has 0 fully saturated rings. The minimum absolute atomic E-state index is 0.544. The molecular formula is C18H17ClN6S. The monoisotopic (exact) mass is 384 g/mol. The van der Waals surface area contributed by atoms with Crippen molar-refractivity contribution in [3.8, 4) is 17.5 Å². The van der Waals surface area contributed by atoms with E-state index in [-0.39, 0.29) is 0 Å². The highest BCUT2D eigenvalue weighted by Gasteiger charge is 2.19. The summed E-state index contributed by atoms with van der Waals surface area (Å²) in [6, 6.07) is 9.76. The second kappa shape index (κ2) is 7.85. The first-order valence-corrected chi connectivity index (χ1v) is 9.40. The predicted octanol–water partition coefficient (Wildman–Crippen LogP) is 4.07. The Bertz CT molecular complexity index is 992. The SMILES string of the molecule is CCc1nnc(Sc2nnc(-c3ccccc3Cl)n2C)c(C#N)c1CC. The Morgan fingerprint density at radius 1 is 1.12 bits per heavy atom. The van der Waals surface area contributed by atoms with Gasteiger partial charge in [0.1, 0.15) is 11.1 Å². The van der Waals surface area contributed by atoms with E-state index in [4.69, 9.17) is 11.6 Å². The van der Waals surface area contributed by atoms with Gasteiger partial charge in [0.15, 0.2) is 11.0 Å². The van der Waals surface area contributed by atoms with Gasteiger partial charge in [-0.1, -0.05) is 37.6 Å². The third-order valence-corrected chi connectivity index (χ3v) is 5.41. The number of rotatable bonds is 5. The average Bonchev–Trinajstić information content (AvgIpc) is 3.02. The third kappa shape index (κ3) is 3.30. The van der Waals surface area contributed by atoms with E-state index in [0.29, 0.717) is 26.6 Å². The molecule has 3 aromatic rings. The number of hydrogen-bond acceptors (Lipinski definition) is 6. The molecule has 0 amide bonds. The molecule has 26 heavy (non-hydrogen) atoms. The van der Waals surface area contributed by atoms with Crippen molar-refractivity contribution < 1.29 is 0 Å². The molecule has 0 N–H and O–H groups in total. The molecule has 0 aliphatic carbocycles. The highest BCUT2D eigenvalue weighted by Crippen LogP contribution is 2.33. The van der Waals surface area contributed by atoms with E-state index in [0.717, 1.165) is 29.7 Å². The summed E-state index contributed by atoms with van der Waals surface area (Å²) in [5.41, 5.74) is 3.17. The van der Waals surface area contributed by atoms with Crippen molar-refractivity contribution in [2.24, 2.45) is 7.05 Å². The third-order valence-electron chi connectivity index (χ3n) is 4.06. The van der Waals surface area contributed by atoms with Crippen LogP contribution in [0.1, 0.15) is 30.7 Å². The number of aromatic nitrogens is 5.